The Morgan fingerprint density at radius 2 is 1.89 bits per heavy atom. The maximum Gasteiger partial charge on any atom is 0.408 e. The topological polar surface area (TPSA) is 38.3 Å². The molecule has 19 heavy (non-hydrogen) atoms. The molecule has 1 aromatic rings. The van der Waals surface area contributed by atoms with E-state index in [1.807, 2.05) is 0 Å². The fourth-order valence-electron chi connectivity index (χ4n) is 1.43. The normalized spacial score (nSPS) is 13.0. The van der Waals surface area contributed by atoms with E-state index in [0.29, 0.717) is 0 Å². The summed E-state index contributed by atoms with van der Waals surface area (Å²) in [5.74, 6) is -1.19. The quantitative estimate of drug-likeness (QED) is 0.817. The predicted octanol–water partition coefficient (Wildman–Crippen LogP) is 4.31. The highest BCUT2D eigenvalue weighted by molar-refractivity contribution is 9.10. The third kappa shape index (κ3) is 4.78. The second-order valence-corrected chi connectivity index (χ2v) is 6.01. The molecular weight excluding hydrogens is 320 g/mol. The van der Waals surface area contributed by atoms with E-state index in [0.717, 1.165) is 12.1 Å². The molecule has 0 spiro atoms. The maximum atomic E-state index is 13.7. The Bertz CT molecular complexity index is 486. The van der Waals surface area contributed by atoms with Crippen molar-refractivity contribution in [2.75, 3.05) is 0 Å². The Kier molecular flexibility index (Phi) is 4.90. The first kappa shape index (κ1) is 15.9. The molecule has 0 fully saturated rings. The lowest BCUT2D eigenvalue weighted by Gasteiger charge is -2.22. The number of rotatable bonds is 2. The summed E-state index contributed by atoms with van der Waals surface area (Å²) in [4.78, 5) is 11.5. The average molecular weight is 336 g/mol. The molecule has 1 rings (SSSR count). The summed E-state index contributed by atoms with van der Waals surface area (Å²) in [7, 11) is 0. The molecule has 0 radical (unpaired) electrons. The number of carbonyl (C=O) groups excluding carboxylic acids is 1. The molecule has 6 heteroatoms. The van der Waals surface area contributed by atoms with Gasteiger partial charge in [0.1, 0.15) is 17.2 Å². The van der Waals surface area contributed by atoms with Crippen molar-refractivity contribution in [2.45, 2.75) is 39.3 Å². The van der Waals surface area contributed by atoms with Crippen LogP contribution in [0.3, 0.4) is 0 Å². The smallest absolute Gasteiger partial charge is 0.408 e. The Hall–Kier alpha value is -1.17. The van der Waals surface area contributed by atoms with Crippen molar-refractivity contribution < 1.29 is 18.3 Å². The molecule has 1 amide bonds. The molecule has 1 aromatic carbocycles. The van der Waals surface area contributed by atoms with Crippen molar-refractivity contribution in [2.24, 2.45) is 0 Å². The van der Waals surface area contributed by atoms with Crippen LogP contribution in [0, 0.1) is 11.6 Å². The highest BCUT2D eigenvalue weighted by Gasteiger charge is 2.20. The number of alkyl carbamates (subject to hydrolysis) is 1. The van der Waals surface area contributed by atoms with Gasteiger partial charge in [-0.3, -0.25) is 0 Å². The molecule has 0 bridgehead atoms. The van der Waals surface area contributed by atoms with Crippen molar-refractivity contribution in [3.05, 3.63) is 33.8 Å². The molecule has 0 aromatic heterocycles. The van der Waals surface area contributed by atoms with Crippen molar-refractivity contribution in [1.82, 2.24) is 5.32 Å². The molecule has 1 unspecified atom stereocenters. The Labute approximate surface area is 119 Å². The molecule has 0 aliphatic heterocycles. The number of carbonyl (C=O) groups is 1. The van der Waals surface area contributed by atoms with Gasteiger partial charge in [0.05, 0.1) is 10.5 Å². The molecule has 1 N–H and O–H groups in total. The van der Waals surface area contributed by atoms with Gasteiger partial charge >= 0.3 is 6.09 Å². The first-order valence-corrected chi connectivity index (χ1v) is 6.53. The number of nitrogens with one attached hydrogen (secondary N) is 1. The monoisotopic (exact) mass is 335 g/mol. The minimum atomic E-state index is -0.697. The average Bonchev–Trinajstić information content (AvgIpc) is 2.20. The molecule has 0 aliphatic rings. The zero-order valence-electron chi connectivity index (χ0n) is 11.2. The summed E-state index contributed by atoms with van der Waals surface area (Å²) in [6.07, 6.45) is -0.678. The van der Waals surface area contributed by atoms with Crippen molar-refractivity contribution >= 4 is 22.0 Å². The predicted molar refractivity (Wildman–Crippen MR) is 71.8 cm³/mol. The van der Waals surface area contributed by atoms with Gasteiger partial charge in [0.25, 0.3) is 0 Å². The van der Waals surface area contributed by atoms with E-state index < -0.39 is 29.4 Å². The van der Waals surface area contributed by atoms with E-state index in [1.165, 1.54) is 0 Å². The molecule has 0 saturated heterocycles. The van der Waals surface area contributed by atoms with E-state index in [2.05, 4.69) is 21.2 Å². The SMILES string of the molecule is CC(NC(=O)OC(C)(C)C)c1cc(F)c(Br)cc1F. The number of halogens is 3. The van der Waals surface area contributed by atoms with E-state index >= 15 is 0 Å². The summed E-state index contributed by atoms with van der Waals surface area (Å²) < 4.78 is 32.1. The van der Waals surface area contributed by atoms with Gasteiger partial charge in [0.2, 0.25) is 0 Å². The number of ether oxygens (including phenoxy) is 1. The maximum absolute atomic E-state index is 13.7. The second kappa shape index (κ2) is 5.86. The van der Waals surface area contributed by atoms with Crippen LogP contribution in [0.5, 0.6) is 0 Å². The van der Waals surface area contributed by atoms with E-state index in [1.54, 1.807) is 27.7 Å². The van der Waals surface area contributed by atoms with Crippen LogP contribution in [0.1, 0.15) is 39.3 Å². The zero-order valence-corrected chi connectivity index (χ0v) is 12.8. The van der Waals surface area contributed by atoms with Gasteiger partial charge in [0.15, 0.2) is 0 Å². The van der Waals surface area contributed by atoms with Gasteiger partial charge in [-0.1, -0.05) is 0 Å². The third-order valence-electron chi connectivity index (χ3n) is 2.24. The van der Waals surface area contributed by atoms with Gasteiger partial charge in [-0.15, -0.1) is 0 Å². The largest absolute Gasteiger partial charge is 0.444 e. The summed E-state index contributed by atoms with van der Waals surface area (Å²) in [6, 6.07) is 1.37. The van der Waals surface area contributed by atoms with E-state index in [4.69, 9.17) is 4.74 Å². The minimum absolute atomic E-state index is 0.0400. The minimum Gasteiger partial charge on any atom is -0.444 e. The lowest BCUT2D eigenvalue weighted by Crippen LogP contribution is -2.34. The van der Waals surface area contributed by atoms with Crippen LogP contribution >= 0.6 is 15.9 Å². The third-order valence-corrected chi connectivity index (χ3v) is 2.85. The molecular formula is C13H16BrF2NO2. The first-order valence-electron chi connectivity index (χ1n) is 5.74. The lowest BCUT2D eigenvalue weighted by atomic mass is 10.1. The van der Waals surface area contributed by atoms with Crippen molar-refractivity contribution in [3.8, 4) is 0 Å². The zero-order chi connectivity index (χ0) is 14.8. The molecule has 0 heterocycles. The van der Waals surface area contributed by atoms with Crippen LogP contribution in [-0.2, 0) is 4.74 Å². The fraction of sp³-hybridized carbons (Fsp3) is 0.462. The number of benzene rings is 1. The number of amides is 1. The van der Waals surface area contributed by atoms with Crippen LogP contribution in [-0.4, -0.2) is 11.7 Å². The van der Waals surface area contributed by atoms with Crippen LogP contribution in [0.4, 0.5) is 13.6 Å². The number of hydrogen-bond acceptors (Lipinski definition) is 2. The van der Waals surface area contributed by atoms with Gasteiger partial charge < -0.3 is 10.1 Å². The van der Waals surface area contributed by atoms with Crippen LogP contribution in [0.15, 0.2) is 16.6 Å². The lowest BCUT2D eigenvalue weighted by molar-refractivity contribution is 0.0507. The van der Waals surface area contributed by atoms with E-state index in [9.17, 15) is 13.6 Å². The molecule has 0 saturated carbocycles. The Morgan fingerprint density at radius 3 is 2.42 bits per heavy atom. The highest BCUT2D eigenvalue weighted by atomic mass is 79.9. The fourth-order valence-corrected chi connectivity index (χ4v) is 1.75. The van der Waals surface area contributed by atoms with Gasteiger partial charge in [-0.25, -0.2) is 13.6 Å². The summed E-state index contributed by atoms with van der Waals surface area (Å²) in [6.45, 7) is 6.71. The Balaban J connectivity index is 2.81. The van der Waals surface area contributed by atoms with E-state index in [-0.39, 0.29) is 10.0 Å². The Morgan fingerprint density at radius 1 is 1.32 bits per heavy atom. The molecule has 3 nitrogen and oxygen atoms in total. The van der Waals surface area contributed by atoms with Crippen LogP contribution in [0.2, 0.25) is 0 Å². The standard InChI is InChI=1S/C13H16BrF2NO2/c1-7(17-12(18)19-13(2,3)4)8-5-11(16)9(14)6-10(8)15/h5-7H,1-4H3,(H,17,18). The van der Waals surface area contributed by atoms with Gasteiger partial charge in [0, 0.05) is 5.56 Å². The van der Waals surface area contributed by atoms with Gasteiger partial charge in [-0.2, -0.15) is 0 Å². The second-order valence-electron chi connectivity index (χ2n) is 5.16. The summed E-state index contributed by atoms with van der Waals surface area (Å²) in [5, 5.41) is 2.46. The van der Waals surface area contributed by atoms with Crippen molar-refractivity contribution in [3.63, 3.8) is 0 Å². The van der Waals surface area contributed by atoms with Gasteiger partial charge in [-0.05, 0) is 55.8 Å². The van der Waals surface area contributed by atoms with Crippen LogP contribution < -0.4 is 5.32 Å². The molecule has 0 aliphatic carbocycles. The number of hydrogen-bond donors (Lipinski definition) is 1. The first-order chi connectivity index (χ1) is 8.60. The van der Waals surface area contributed by atoms with Crippen molar-refractivity contribution in [1.29, 1.82) is 0 Å². The summed E-state index contributed by atoms with van der Waals surface area (Å²) >= 11 is 2.89. The highest BCUT2D eigenvalue weighted by Crippen LogP contribution is 2.24. The van der Waals surface area contributed by atoms with Crippen LogP contribution in [0.25, 0.3) is 0 Å². The molecule has 1 atom stereocenters. The molecule has 106 valence electrons. The summed E-state index contributed by atoms with van der Waals surface area (Å²) in [5.41, 5.74) is -0.584.